The van der Waals surface area contributed by atoms with Crippen molar-refractivity contribution in [1.29, 1.82) is 0 Å². The van der Waals surface area contributed by atoms with Crippen molar-refractivity contribution in [2.75, 3.05) is 0 Å². The van der Waals surface area contributed by atoms with Crippen molar-refractivity contribution in [1.82, 2.24) is 0 Å². The number of aliphatic carboxylic acids is 1. The summed E-state index contributed by atoms with van der Waals surface area (Å²) in [5, 5.41) is 8.31. The minimum atomic E-state index is -1.29. The molecule has 1 aliphatic carbocycles. The first-order valence-electron chi connectivity index (χ1n) is 2.61. The first kappa shape index (κ1) is 6.81. The predicted octanol–water partition coefficient (Wildman–Crippen LogP) is 1.18. The van der Waals surface area contributed by atoms with E-state index in [1.54, 1.807) is 0 Å². The molecule has 9 heavy (non-hydrogen) atoms. The summed E-state index contributed by atoms with van der Waals surface area (Å²) in [4.78, 5) is 8.86. The molecule has 0 unspecified atom stereocenters. The molecule has 0 aromatic carbocycles. The second kappa shape index (κ2) is 1.84. The van der Waals surface area contributed by atoms with Crippen molar-refractivity contribution >= 4 is 17.6 Å². The molecule has 1 saturated carbocycles. The molecule has 0 heterocycles. The summed E-state index contributed by atoms with van der Waals surface area (Å²) in [5.74, 6) is -1.11. The van der Waals surface area contributed by atoms with E-state index in [-0.39, 0.29) is 12.8 Å². The fraction of sp³-hybridized carbons (Fsp3) is 0.800. The Morgan fingerprint density at radius 3 is 2.33 bits per heavy atom. The van der Waals surface area contributed by atoms with Gasteiger partial charge in [-0.15, -0.1) is 11.6 Å². The van der Waals surface area contributed by atoms with Crippen molar-refractivity contribution < 1.29 is 14.3 Å². The van der Waals surface area contributed by atoms with Crippen molar-refractivity contribution in [2.45, 2.75) is 23.9 Å². The molecule has 1 rings (SSSR count). The van der Waals surface area contributed by atoms with E-state index in [0.29, 0.717) is 0 Å². The Morgan fingerprint density at radius 2 is 2.22 bits per heavy atom. The first-order chi connectivity index (χ1) is 4.04. The average molecular weight is 153 g/mol. The molecule has 0 aliphatic heterocycles. The third-order valence-corrected chi connectivity index (χ3v) is 1.94. The van der Waals surface area contributed by atoms with E-state index >= 15 is 0 Å². The Bertz CT molecular complexity index is 142. The Kier molecular flexibility index (Phi) is 1.39. The normalized spacial score (nSPS) is 41.8. The highest BCUT2D eigenvalue weighted by molar-refractivity contribution is 6.34. The molecular weight excluding hydrogens is 147 g/mol. The molecule has 1 fully saturated rings. The third-order valence-electron chi connectivity index (χ3n) is 1.47. The average Bonchev–Trinajstić information content (AvgIpc) is 1.62. The molecule has 0 bridgehead atoms. The standard InChI is InChI=1S/C5H6ClFO2/c6-5(4(8)9)1-3(7)2-5/h3H,1-2H2,(H,8,9). The largest absolute Gasteiger partial charge is 0.480 e. The van der Waals surface area contributed by atoms with Crippen LogP contribution in [-0.4, -0.2) is 22.1 Å². The van der Waals surface area contributed by atoms with E-state index in [9.17, 15) is 9.18 Å². The number of carboxylic acid groups (broad SMARTS) is 1. The van der Waals surface area contributed by atoms with Gasteiger partial charge in [0.1, 0.15) is 11.0 Å². The maximum absolute atomic E-state index is 12.0. The number of carbonyl (C=O) groups is 1. The molecule has 1 N–H and O–H groups in total. The van der Waals surface area contributed by atoms with Crippen LogP contribution < -0.4 is 0 Å². The minimum Gasteiger partial charge on any atom is -0.480 e. The van der Waals surface area contributed by atoms with E-state index < -0.39 is 17.0 Å². The number of hydrogen-bond acceptors (Lipinski definition) is 1. The number of rotatable bonds is 1. The second-order valence-electron chi connectivity index (χ2n) is 2.28. The van der Waals surface area contributed by atoms with Crippen LogP contribution in [0.4, 0.5) is 4.39 Å². The monoisotopic (exact) mass is 152 g/mol. The Labute approximate surface area is 56.6 Å². The SMILES string of the molecule is O=C(O)C1(Cl)CC(F)C1. The Balaban J connectivity index is 2.50. The van der Waals surface area contributed by atoms with Crippen LogP contribution in [-0.2, 0) is 4.79 Å². The molecule has 1 aliphatic rings. The lowest BCUT2D eigenvalue weighted by Crippen LogP contribution is -2.46. The van der Waals surface area contributed by atoms with Crippen LogP contribution in [0.1, 0.15) is 12.8 Å². The van der Waals surface area contributed by atoms with Crippen LogP contribution in [0.5, 0.6) is 0 Å². The predicted molar refractivity (Wildman–Crippen MR) is 30.3 cm³/mol. The lowest BCUT2D eigenvalue weighted by Gasteiger charge is -2.34. The molecule has 0 aromatic rings. The summed E-state index contributed by atoms with van der Waals surface area (Å²) < 4.78 is 12.0. The zero-order valence-electron chi connectivity index (χ0n) is 4.60. The number of alkyl halides is 2. The van der Waals surface area contributed by atoms with Gasteiger partial charge in [0.05, 0.1) is 0 Å². The summed E-state index contributed by atoms with van der Waals surface area (Å²) in [7, 11) is 0. The zero-order valence-corrected chi connectivity index (χ0v) is 5.36. The summed E-state index contributed by atoms with van der Waals surface area (Å²) in [6.07, 6.45) is -1.12. The van der Waals surface area contributed by atoms with Gasteiger partial charge in [0, 0.05) is 12.8 Å². The Hall–Kier alpha value is -0.310. The van der Waals surface area contributed by atoms with Gasteiger partial charge in [0.15, 0.2) is 0 Å². The lowest BCUT2D eigenvalue weighted by molar-refractivity contribution is -0.144. The summed E-state index contributed by atoms with van der Waals surface area (Å²) in [6.45, 7) is 0. The minimum absolute atomic E-state index is 0.0517. The molecule has 0 amide bonds. The van der Waals surface area contributed by atoms with Gasteiger partial charge in [-0.05, 0) is 0 Å². The summed E-state index contributed by atoms with van der Waals surface area (Å²) in [6, 6.07) is 0. The molecular formula is C5H6ClFO2. The first-order valence-corrected chi connectivity index (χ1v) is 2.99. The molecule has 0 spiro atoms. The zero-order chi connectivity index (χ0) is 7.07. The maximum Gasteiger partial charge on any atom is 0.324 e. The third kappa shape index (κ3) is 1.01. The van der Waals surface area contributed by atoms with Crippen molar-refractivity contribution in [3.8, 4) is 0 Å². The van der Waals surface area contributed by atoms with Crippen LogP contribution in [0.25, 0.3) is 0 Å². The fourth-order valence-electron chi connectivity index (χ4n) is 0.817. The maximum atomic E-state index is 12.0. The molecule has 4 heteroatoms. The van der Waals surface area contributed by atoms with Crippen molar-refractivity contribution in [3.05, 3.63) is 0 Å². The van der Waals surface area contributed by atoms with Crippen LogP contribution in [0, 0.1) is 0 Å². The van der Waals surface area contributed by atoms with Gasteiger partial charge >= 0.3 is 5.97 Å². The van der Waals surface area contributed by atoms with Crippen molar-refractivity contribution in [2.24, 2.45) is 0 Å². The van der Waals surface area contributed by atoms with E-state index in [0.717, 1.165) is 0 Å². The van der Waals surface area contributed by atoms with Gasteiger partial charge < -0.3 is 5.11 Å². The number of hydrogen-bond donors (Lipinski definition) is 1. The molecule has 0 atom stereocenters. The van der Waals surface area contributed by atoms with Gasteiger partial charge in [-0.2, -0.15) is 0 Å². The van der Waals surface area contributed by atoms with E-state index in [1.165, 1.54) is 0 Å². The second-order valence-corrected chi connectivity index (χ2v) is 3.00. The van der Waals surface area contributed by atoms with E-state index in [2.05, 4.69) is 0 Å². The fourth-order valence-corrected chi connectivity index (χ4v) is 1.15. The van der Waals surface area contributed by atoms with Gasteiger partial charge in [-0.3, -0.25) is 4.79 Å². The van der Waals surface area contributed by atoms with Gasteiger partial charge in [0.25, 0.3) is 0 Å². The Morgan fingerprint density at radius 1 is 1.78 bits per heavy atom. The summed E-state index contributed by atoms with van der Waals surface area (Å²) in [5.41, 5.74) is 0. The van der Waals surface area contributed by atoms with Gasteiger partial charge in [-0.25, -0.2) is 4.39 Å². The van der Waals surface area contributed by atoms with Crippen LogP contribution in [0.3, 0.4) is 0 Å². The van der Waals surface area contributed by atoms with Crippen LogP contribution >= 0.6 is 11.6 Å². The lowest BCUT2D eigenvalue weighted by atomic mass is 9.83. The van der Waals surface area contributed by atoms with Gasteiger partial charge in [0.2, 0.25) is 0 Å². The molecule has 0 radical (unpaired) electrons. The molecule has 2 nitrogen and oxygen atoms in total. The highest BCUT2D eigenvalue weighted by Gasteiger charge is 2.49. The van der Waals surface area contributed by atoms with Crippen molar-refractivity contribution in [3.63, 3.8) is 0 Å². The summed E-state index contributed by atoms with van der Waals surface area (Å²) >= 11 is 5.40. The molecule has 0 aromatic heterocycles. The highest BCUT2D eigenvalue weighted by Crippen LogP contribution is 2.40. The number of halogens is 2. The quantitative estimate of drug-likeness (QED) is 0.573. The molecule has 52 valence electrons. The van der Waals surface area contributed by atoms with Crippen LogP contribution in [0.2, 0.25) is 0 Å². The van der Waals surface area contributed by atoms with Gasteiger partial charge in [-0.1, -0.05) is 0 Å². The smallest absolute Gasteiger partial charge is 0.324 e. The molecule has 0 saturated heterocycles. The highest BCUT2D eigenvalue weighted by atomic mass is 35.5. The van der Waals surface area contributed by atoms with E-state index in [1.807, 2.05) is 0 Å². The van der Waals surface area contributed by atoms with E-state index in [4.69, 9.17) is 16.7 Å². The van der Waals surface area contributed by atoms with Crippen LogP contribution in [0.15, 0.2) is 0 Å². The number of carboxylic acids is 1. The topological polar surface area (TPSA) is 37.3 Å².